The molecule has 1 unspecified atom stereocenters. The number of piperidine rings is 1. The minimum Gasteiger partial charge on any atom is -0.465 e. The Balaban J connectivity index is 1.81. The smallest absolute Gasteiger partial charge is 0.337 e. The fraction of sp³-hybridized carbons (Fsp3) is 0.438. The summed E-state index contributed by atoms with van der Waals surface area (Å²) in [6.07, 6.45) is 3.14. The van der Waals surface area contributed by atoms with Crippen molar-refractivity contribution in [1.82, 2.24) is 9.29 Å². The minimum absolute atomic E-state index is 0.346. The van der Waals surface area contributed by atoms with Crippen LogP contribution < -0.4 is 5.32 Å². The summed E-state index contributed by atoms with van der Waals surface area (Å²) in [5.74, 6) is -0.834. The molecule has 2 heterocycles. The number of benzene rings is 1. The van der Waals surface area contributed by atoms with Gasteiger partial charge in [-0.2, -0.15) is 4.31 Å². The highest BCUT2D eigenvalue weighted by molar-refractivity contribution is 7.88. The molecule has 1 aliphatic heterocycles. The van der Waals surface area contributed by atoms with E-state index in [9.17, 15) is 18.0 Å². The molecule has 0 bridgehead atoms. The molecule has 1 amide bonds. The highest BCUT2D eigenvalue weighted by Gasteiger charge is 2.34. The Kier molecular flexibility index (Phi) is 5.26. The van der Waals surface area contributed by atoms with Crippen LogP contribution in [0.5, 0.6) is 0 Å². The molecule has 1 aliphatic rings. The topological polar surface area (TPSA) is 106 Å². The highest BCUT2D eigenvalue weighted by Crippen LogP contribution is 2.28. The second kappa shape index (κ2) is 7.29. The lowest BCUT2D eigenvalue weighted by molar-refractivity contribution is -0.120. The van der Waals surface area contributed by atoms with Crippen LogP contribution in [0.1, 0.15) is 29.6 Å². The Labute approximate surface area is 155 Å². The van der Waals surface area contributed by atoms with Crippen LogP contribution in [0.15, 0.2) is 18.2 Å². The SMILES string of the molecule is COC(=O)c1ccc2nc(NC(=O)C3CCCCN3S(C)(=O)=O)sc2c1. The second-order valence-electron chi connectivity index (χ2n) is 6.07. The lowest BCUT2D eigenvalue weighted by atomic mass is 10.0. The van der Waals surface area contributed by atoms with E-state index in [0.29, 0.717) is 29.2 Å². The van der Waals surface area contributed by atoms with Gasteiger partial charge < -0.3 is 10.1 Å². The average molecular weight is 397 g/mol. The fourth-order valence-corrected chi connectivity index (χ4v) is 5.01. The van der Waals surface area contributed by atoms with Crippen LogP contribution in [0.2, 0.25) is 0 Å². The van der Waals surface area contributed by atoms with E-state index in [1.54, 1.807) is 18.2 Å². The van der Waals surface area contributed by atoms with Gasteiger partial charge in [0.15, 0.2) is 5.13 Å². The molecule has 26 heavy (non-hydrogen) atoms. The number of nitrogens with one attached hydrogen (secondary N) is 1. The first kappa shape index (κ1) is 18.7. The highest BCUT2D eigenvalue weighted by atomic mass is 32.2. The Morgan fingerprint density at radius 2 is 2.12 bits per heavy atom. The van der Waals surface area contributed by atoms with Crippen molar-refractivity contribution >= 4 is 48.6 Å². The molecule has 0 radical (unpaired) electrons. The Bertz CT molecular complexity index is 954. The van der Waals surface area contributed by atoms with E-state index in [2.05, 4.69) is 10.3 Å². The summed E-state index contributed by atoms with van der Waals surface area (Å²) in [6.45, 7) is 0.346. The van der Waals surface area contributed by atoms with Crippen molar-refractivity contribution in [1.29, 1.82) is 0 Å². The predicted octanol–water partition coefficient (Wildman–Crippen LogP) is 1.84. The number of hydrogen-bond donors (Lipinski definition) is 1. The zero-order valence-corrected chi connectivity index (χ0v) is 16.0. The molecule has 1 fully saturated rings. The number of sulfonamides is 1. The van der Waals surface area contributed by atoms with Gasteiger partial charge in [-0.25, -0.2) is 18.2 Å². The maximum absolute atomic E-state index is 12.6. The number of ether oxygens (including phenoxy) is 1. The molecular weight excluding hydrogens is 378 g/mol. The first-order chi connectivity index (χ1) is 12.3. The van der Waals surface area contributed by atoms with E-state index in [4.69, 9.17) is 4.74 Å². The molecule has 140 valence electrons. The normalized spacial score (nSPS) is 18.6. The summed E-state index contributed by atoms with van der Waals surface area (Å²) < 4.78 is 30.5. The standard InChI is InChI=1S/C16H19N3O5S2/c1-24-15(21)10-6-7-11-13(9-10)25-16(17-11)18-14(20)12-5-3-4-8-19(12)26(2,22)23/h6-7,9,12H,3-5,8H2,1-2H3,(H,17,18,20). The first-order valence-corrected chi connectivity index (χ1v) is 10.7. The summed E-state index contributed by atoms with van der Waals surface area (Å²) in [4.78, 5) is 28.5. The molecule has 1 saturated heterocycles. The van der Waals surface area contributed by atoms with Gasteiger partial charge in [0.1, 0.15) is 6.04 Å². The molecule has 1 N–H and O–H groups in total. The number of carbonyl (C=O) groups excluding carboxylic acids is 2. The maximum Gasteiger partial charge on any atom is 0.337 e. The minimum atomic E-state index is -3.45. The molecule has 2 aromatic rings. The number of nitrogens with zero attached hydrogens (tertiary/aromatic N) is 2. The van der Waals surface area contributed by atoms with Crippen LogP contribution in [-0.4, -0.2) is 55.5 Å². The van der Waals surface area contributed by atoms with E-state index in [1.807, 2.05) is 0 Å². The zero-order chi connectivity index (χ0) is 18.9. The number of hydrogen-bond acceptors (Lipinski definition) is 7. The number of amides is 1. The van der Waals surface area contributed by atoms with Gasteiger partial charge in [-0.3, -0.25) is 4.79 Å². The van der Waals surface area contributed by atoms with E-state index in [0.717, 1.165) is 23.8 Å². The van der Waals surface area contributed by atoms with Crippen LogP contribution in [0.4, 0.5) is 5.13 Å². The first-order valence-electron chi connectivity index (χ1n) is 8.06. The van der Waals surface area contributed by atoms with Crippen LogP contribution >= 0.6 is 11.3 Å². The van der Waals surface area contributed by atoms with Gasteiger partial charge in [-0.15, -0.1) is 0 Å². The molecule has 3 rings (SSSR count). The fourth-order valence-electron chi connectivity index (χ4n) is 2.98. The van der Waals surface area contributed by atoms with Gasteiger partial charge in [0, 0.05) is 6.54 Å². The van der Waals surface area contributed by atoms with Crippen LogP contribution in [-0.2, 0) is 19.6 Å². The summed E-state index contributed by atoms with van der Waals surface area (Å²) in [7, 11) is -2.14. The molecular formula is C16H19N3O5S2. The van der Waals surface area contributed by atoms with Crippen molar-refractivity contribution in [2.75, 3.05) is 25.2 Å². The molecule has 1 atom stereocenters. The number of thiazole rings is 1. The van der Waals surface area contributed by atoms with Crippen molar-refractivity contribution in [3.63, 3.8) is 0 Å². The lowest BCUT2D eigenvalue weighted by Gasteiger charge is -2.32. The van der Waals surface area contributed by atoms with Crippen molar-refractivity contribution in [2.45, 2.75) is 25.3 Å². The molecule has 0 saturated carbocycles. The molecule has 10 heteroatoms. The monoisotopic (exact) mass is 397 g/mol. The largest absolute Gasteiger partial charge is 0.465 e. The summed E-state index contributed by atoms with van der Waals surface area (Å²) in [5, 5.41) is 3.08. The predicted molar refractivity (Wildman–Crippen MR) is 98.8 cm³/mol. The molecule has 0 spiro atoms. The number of carbonyl (C=O) groups is 2. The van der Waals surface area contributed by atoms with Gasteiger partial charge in [0.05, 0.1) is 29.1 Å². The van der Waals surface area contributed by atoms with Crippen molar-refractivity contribution in [2.24, 2.45) is 0 Å². The molecule has 0 aliphatic carbocycles. The van der Waals surface area contributed by atoms with Crippen LogP contribution in [0, 0.1) is 0 Å². The van der Waals surface area contributed by atoms with Crippen LogP contribution in [0.25, 0.3) is 10.2 Å². The number of anilines is 1. The molecule has 1 aromatic carbocycles. The van der Waals surface area contributed by atoms with Crippen LogP contribution in [0.3, 0.4) is 0 Å². The second-order valence-corrected chi connectivity index (χ2v) is 9.03. The van der Waals surface area contributed by atoms with Crippen molar-refractivity contribution < 1.29 is 22.7 Å². The summed E-state index contributed by atoms with van der Waals surface area (Å²) in [6, 6.07) is 4.21. The third-order valence-corrected chi connectivity index (χ3v) is 6.44. The number of rotatable bonds is 4. The van der Waals surface area contributed by atoms with Gasteiger partial charge in [0.25, 0.3) is 0 Å². The number of esters is 1. The number of aromatic nitrogens is 1. The zero-order valence-electron chi connectivity index (χ0n) is 14.4. The van der Waals surface area contributed by atoms with Gasteiger partial charge in [-0.05, 0) is 31.0 Å². The number of methoxy groups -OCH3 is 1. The van der Waals surface area contributed by atoms with E-state index < -0.39 is 22.0 Å². The quantitative estimate of drug-likeness (QED) is 0.789. The molecule has 1 aromatic heterocycles. The van der Waals surface area contributed by atoms with Crippen molar-refractivity contribution in [3.8, 4) is 0 Å². The third kappa shape index (κ3) is 3.87. The molecule has 8 nitrogen and oxygen atoms in total. The van der Waals surface area contributed by atoms with E-state index in [1.165, 1.54) is 22.8 Å². The Hall–Kier alpha value is -2.04. The van der Waals surface area contributed by atoms with Gasteiger partial charge >= 0.3 is 5.97 Å². The van der Waals surface area contributed by atoms with Gasteiger partial charge in [-0.1, -0.05) is 17.8 Å². The summed E-state index contributed by atoms with van der Waals surface area (Å²) >= 11 is 1.22. The summed E-state index contributed by atoms with van der Waals surface area (Å²) in [5.41, 5.74) is 1.04. The number of fused-ring (bicyclic) bond motifs is 1. The van der Waals surface area contributed by atoms with E-state index in [-0.39, 0.29) is 5.91 Å². The Morgan fingerprint density at radius 1 is 1.35 bits per heavy atom. The third-order valence-electron chi connectivity index (χ3n) is 4.22. The maximum atomic E-state index is 12.6. The average Bonchev–Trinajstić information content (AvgIpc) is 3.01. The Morgan fingerprint density at radius 3 is 2.81 bits per heavy atom. The van der Waals surface area contributed by atoms with Crippen molar-refractivity contribution in [3.05, 3.63) is 23.8 Å². The van der Waals surface area contributed by atoms with Gasteiger partial charge in [0.2, 0.25) is 15.9 Å². The lowest BCUT2D eigenvalue weighted by Crippen LogP contribution is -2.49. The van der Waals surface area contributed by atoms with E-state index >= 15 is 0 Å².